The number of carbonyl (C=O) groups excluding carboxylic acids is 1. The maximum absolute atomic E-state index is 12.2. The molecule has 1 aromatic rings. The smallest absolute Gasteiger partial charge is 0.357 e. The molecule has 0 aromatic heterocycles. The zero-order chi connectivity index (χ0) is 11.1. The summed E-state index contributed by atoms with van der Waals surface area (Å²) in [5.41, 5.74) is -0.0132. The number of hydrogen-bond acceptors (Lipinski definition) is 2. The highest BCUT2D eigenvalue weighted by molar-refractivity contribution is 5.95. The van der Waals surface area contributed by atoms with Crippen LogP contribution in [0.1, 0.15) is 5.56 Å². The largest absolute Gasteiger partial charge is 0.416 e. The number of ketones is 1. The molecule has 1 aliphatic heterocycles. The Morgan fingerprint density at radius 1 is 1.07 bits per heavy atom. The Hall–Kier alpha value is -1.52. The van der Waals surface area contributed by atoms with Crippen LogP contribution in [0.3, 0.4) is 0 Å². The highest BCUT2D eigenvalue weighted by Gasteiger charge is 2.31. The van der Waals surface area contributed by atoms with E-state index < -0.39 is 11.7 Å². The van der Waals surface area contributed by atoms with Gasteiger partial charge in [0.2, 0.25) is 0 Å². The number of nitrogens with zero attached hydrogens (tertiary/aromatic N) is 1. The van der Waals surface area contributed by atoms with E-state index in [-0.39, 0.29) is 5.78 Å². The first-order chi connectivity index (χ1) is 6.97. The minimum atomic E-state index is -4.30. The van der Waals surface area contributed by atoms with Crippen LogP contribution in [0.5, 0.6) is 0 Å². The lowest BCUT2D eigenvalue weighted by Gasteiger charge is -2.31. The van der Waals surface area contributed by atoms with Crippen LogP contribution in [-0.2, 0) is 11.0 Å². The molecule has 0 aliphatic carbocycles. The van der Waals surface area contributed by atoms with Crippen LogP contribution in [0.2, 0.25) is 0 Å². The van der Waals surface area contributed by atoms with Gasteiger partial charge in [-0.05, 0) is 24.3 Å². The van der Waals surface area contributed by atoms with Crippen LogP contribution in [0.25, 0.3) is 0 Å². The molecular formula is C10H8F3NO. The maximum atomic E-state index is 12.2. The molecule has 15 heavy (non-hydrogen) atoms. The lowest BCUT2D eigenvalue weighted by atomic mass is 10.1. The number of carbonyl (C=O) groups is 1. The predicted molar refractivity (Wildman–Crippen MR) is 48.7 cm³/mol. The molecule has 2 rings (SSSR count). The van der Waals surface area contributed by atoms with Gasteiger partial charge in [-0.15, -0.1) is 0 Å². The zero-order valence-corrected chi connectivity index (χ0v) is 7.71. The van der Waals surface area contributed by atoms with Crippen LogP contribution in [0.4, 0.5) is 18.9 Å². The van der Waals surface area contributed by atoms with Crippen LogP contribution >= 0.6 is 0 Å². The molecule has 1 heterocycles. The number of Topliss-reactive ketones (excluding diaryl/α,β-unsaturated/α-hetero) is 1. The Bertz CT molecular complexity index is 375. The van der Waals surface area contributed by atoms with Crippen LogP contribution in [0.15, 0.2) is 24.3 Å². The first-order valence-electron chi connectivity index (χ1n) is 4.41. The van der Waals surface area contributed by atoms with Gasteiger partial charge in [0.25, 0.3) is 0 Å². The molecule has 1 saturated heterocycles. The van der Waals surface area contributed by atoms with Crippen LogP contribution in [-0.4, -0.2) is 18.9 Å². The molecule has 1 aliphatic rings. The third-order valence-electron chi connectivity index (χ3n) is 2.29. The van der Waals surface area contributed by atoms with Crippen molar-refractivity contribution in [1.29, 1.82) is 0 Å². The molecule has 0 bridgehead atoms. The van der Waals surface area contributed by atoms with E-state index in [1.54, 1.807) is 4.90 Å². The summed E-state index contributed by atoms with van der Waals surface area (Å²) in [5, 5.41) is 0. The molecule has 2 nitrogen and oxygen atoms in total. The molecule has 5 heteroatoms. The van der Waals surface area contributed by atoms with Crippen molar-refractivity contribution >= 4 is 11.5 Å². The van der Waals surface area contributed by atoms with Gasteiger partial charge in [0.1, 0.15) is 0 Å². The van der Waals surface area contributed by atoms with Gasteiger partial charge in [-0.1, -0.05) is 0 Å². The molecule has 0 amide bonds. The van der Waals surface area contributed by atoms with Gasteiger partial charge in [0.05, 0.1) is 18.7 Å². The van der Waals surface area contributed by atoms with Gasteiger partial charge in [-0.3, -0.25) is 4.79 Å². The van der Waals surface area contributed by atoms with Gasteiger partial charge in [-0.25, -0.2) is 0 Å². The predicted octanol–water partition coefficient (Wildman–Crippen LogP) is 2.09. The fourth-order valence-corrected chi connectivity index (χ4v) is 1.42. The first kappa shape index (κ1) is 10.0. The third kappa shape index (κ3) is 1.95. The van der Waals surface area contributed by atoms with Gasteiger partial charge in [0.15, 0.2) is 5.78 Å². The fourth-order valence-electron chi connectivity index (χ4n) is 1.42. The summed E-state index contributed by atoms with van der Waals surface area (Å²) >= 11 is 0. The third-order valence-corrected chi connectivity index (χ3v) is 2.29. The molecule has 0 atom stereocenters. The molecule has 80 valence electrons. The Morgan fingerprint density at radius 3 is 2.00 bits per heavy atom. The number of hydrogen-bond donors (Lipinski definition) is 0. The summed E-state index contributed by atoms with van der Waals surface area (Å²) in [7, 11) is 0. The quantitative estimate of drug-likeness (QED) is 0.715. The van der Waals surface area contributed by atoms with Crippen molar-refractivity contribution in [3.63, 3.8) is 0 Å². The van der Waals surface area contributed by atoms with Crippen molar-refractivity contribution < 1.29 is 18.0 Å². The minimum absolute atomic E-state index is 0.106. The van der Waals surface area contributed by atoms with E-state index in [1.807, 2.05) is 0 Å². The Kier molecular flexibility index (Phi) is 2.17. The maximum Gasteiger partial charge on any atom is 0.416 e. The molecule has 0 radical (unpaired) electrons. The van der Waals surface area contributed by atoms with Gasteiger partial charge in [0, 0.05) is 5.69 Å². The molecule has 0 spiro atoms. The highest BCUT2D eigenvalue weighted by Crippen LogP contribution is 2.30. The van der Waals surface area contributed by atoms with Gasteiger partial charge >= 0.3 is 6.18 Å². The summed E-state index contributed by atoms with van der Waals surface area (Å²) in [6.45, 7) is 0.594. The average molecular weight is 215 g/mol. The molecule has 0 N–H and O–H groups in total. The zero-order valence-electron chi connectivity index (χ0n) is 7.71. The molecule has 0 unspecified atom stereocenters. The lowest BCUT2D eigenvalue weighted by molar-refractivity contribution is -0.137. The highest BCUT2D eigenvalue weighted by atomic mass is 19.4. The van der Waals surface area contributed by atoms with Crippen molar-refractivity contribution in [3.05, 3.63) is 29.8 Å². The monoisotopic (exact) mass is 215 g/mol. The minimum Gasteiger partial charge on any atom is -0.357 e. The van der Waals surface area contributed by atoms with E-state index in [0.29, 0.717) is 18.8 Å². The Balaban J connectivity index is 2.14. The van der Waals surface area contributed by atoms with Crippen molar-refractivity contribution in [2.75, 3.05) is 18.0 Å². The number of benzene rings is 1. The Labute approximate surface area is 84.3 Å². The van der Waals surface area contributed by atoms with Crippen LogP contribution in [0, 0.1) is 0 Å². The van der Waals surface area contributed by atoms with Crippen molar-refractivity contribution in [2.45, 2.75) is 6.18 Å². The second-order valence-corrected chi connectivity index (χ2v) is 3.44. The van der Waals surface area contributed by atoms with Crippen LogP contribution < -0.4 is 4.90 Å². The number of anilines is 1. The lowest BCUT2D eigenvalue weighted by Crippen LogP contribution is -2.47. The number of halogens is 3. The van der Waals surface area contributed by atoms with Crippen molar-refractivity contribution in [3.8, 4) is 0 Å². The summed E-state index contributed by atoms with van der Waals surface area (Å²) < 4.78 is 36.6. The fraction of sp³-hybridized carbons (Fsp3) is 0.300. The van der Waals surface area contributed by atoms with E-state index in [4.69, 9.17) is 0 Å². The molecule has 1 fully saturated rings. The second-order valence-electron chi connectivity index (χ2n) is 3.44. The number of rotatable bonds is 1. The average Bonchev–Trinajstić information content (AvgIpc) is 2.12. The SMILES string of the molecule is O=C1CN(c2ccc(C(F)(F)F)cc2)C1. The second kappa shape index (κ2) is 3.25. The van der Waals surface area contributed by atoms with E-state index in [9.17, 15) is 18.0 Å². The normalized spacial score (nSPS) is 16.5. The topological polar surface area (TPSA) is 20.3 Å². The standard InChI is InChI=1S/C10H8F3NO/c11-10(12,13)7-1-3-8(4-2-7)14-5-9(15)6-14/h1-4H,5-6H2. The van der Waals surface area contributed by atoms with E-state index in [0.717, 1.165) is 12.1 Å². The first-order valence-corrected chi connectivity index (χ1v) is 4.41. The summed E-state index contributed by atoms with van der Waals surface area (Å²) in [4.78, 5) is 12.4. The Morgan fingerprint density at radius 2 is 1.60 bits per heavy atom. The molecule has 0 saturated carbocycles. The number of alkyl halides is 3. The summed E-state index contributed by atoms with van der Waals surface area (Å²) in [6.07, 6.45) is -4.30. The summed E-state index contributed by atoms with van der Waals surface area (Å²) in [6, 6.07) is 4.82. The van der Waals surface area contributed by atoms with E-state index in [2.05, 4.69) is 0 Å². The van der Waals surface area contributed by atoms with Gasteiger partial charge in [-0.2, -0.15) is 13.2 Å². The summed E-state index contributed by atoms with van der Waals surface area (Å²) in [5.74, 6) is 0.106. The van der Waals surface area contributed by atoms with E-state index in [1.165, 1.54) is 12.1 Å². The van der Waals surface area contributed by atoms with Crippen molar-refractivity contribution in [2.24, 2.45) is 0 Å². The van der Waals surface area contributed by atoms with Crippen molar-refractivity contribution in [1.82, 2.24) is 0 Å². The van der Waals surface area contributed by atoms with Gasteiger partial charge < -0.3 is 4.90 Å². The van der Waals surface area contributed by atoms with E-state index >= 15 is 0 Å². The molecule has 1 aromatic carbocycles. The molecular weight excluding hydrogens is 207 g/mol.